The number of hydrazone groups is 1. The Labute approximate surface area is 199 Å². The van der Waals surface area contributed by atoms with Crippen LogP contribution in [0.4, 0.5) is 0 Å². The molecule has 0 bridgehead atoms. The molecule has 2 aromatic heterocycles. The van der Waals surface area contributed by atoms with E-state index in [-0.39, 0.29) is 11.9 Å². The molecule has 1 atom stereocenters. The van der Waals surface area contributed by atoms with Crippen LogP contribution in [0.15, 0.2) is 81.8 Å². The van der Waals surface area contributed by atoms with Crippen molar-refractivity contribution in [1.29, 1.82) is 0 Å². The van der Waals surface area contributed by atoms with Crippen molar-refractivity contribution in [2.75, 3.05) is 0 Å². The number of carbonyl (C=O) groups excluding carboxylic acids is 1. The topological polar surface area (TPSA) is 50.5 Å². The minimum Gasteiger partial charge on any atom is -0.273 e. The van der Waals surface area contributed by atoms with E-state index in [4.69, 9.17) is 10.2 Å². The number of nitrogens with zero attached hydrogens (tertiary/aromatic N) is 4. The first-order valence-corrected chi connectivity index (χ1v) is 12.0. The Balaban J connectivity index is 1.60. The van der Waals surface area contributed by atoms with Gasteiger partial charge in [0.25, 0.3) is 0 Å². The summed E-state index contributed by atoms with van der Waals surface area (Å²) in [7, 11) is 0. The summed E-state index contributed by atoms with van der Waals surface area (Å²) in [5, 5.41) is 11.3. The third-order valence-electron chi connectivity index (χ3n) is 5.55. The third-order valence-corrected chi connectivity index (χ3v) is 7.18. The standard InChI is InChI=1S/C25H21BrN4OS/c1-16-8-10-18(11-9-16)21-14-22(30(27-21)17(2)31)20-15-29(19-6-4-3-5-7-19)28-25(20)23-12-13-24(26)32-23/h3-13,15,22H,14H2,1-2H3. The molecule has 0 spiro atoms. The van der Waals surface area contributed by atoms with Crippen LogP contribution in [-0.4, -0.2) is 26.4 Å². The number of aromatic nitrogens is 2. The van der Waals surface area contributed by atoms with Gasteiger partial charge in [-0.2, -0.15) is 10.2 Å². The van der Waals surface area contributed by atoms with Crippen LogP contribution in [0, 0.1) is 6.92 Å². The van der Waals surface area contributed by atoms with Gasteiger partial charge in [-0.1, -0.05) is 48.0 Å². The van der Waals surface area contributed by atoms with E-state index < -0.39 is 0 Å². The Bertz CT molecular complexity index is 1310. The lowest BCUT2D eigenvalue weighted by atomic mass is 9.98. The maximum atomic E-state index is 12.6. The number of hydrogen-bond acceptors (Lipinski definition) is 4. The van der Waals surface area contributed by atoms with Crippen LogP contribution in [0.5, 0.6) is 0 Å². The number of aryl methyl sites for hydroxylation is 1. The number of hydrogen-bond donors (Lipinski definition) is 0. The zero-order valence-electron chi connectivity index (χ0n) is 17.7. The van der Waals surface area contributed by atoms with E-state index in [0.29, 0.717) is 6.42 Å². The molecule has 0 saturated heterocycles. The Morgan fingerprint density at radius 2 is 1.81 bits per heavy atom. The molecule has 1 unspecified atom stereocenters. The van der Waals surface area contributed by atoms with E-state index in [1.165, 1.54) is 5.56 Å². The summed E-state index contributed by atoms with van der Waals surface area (Å²) >= 11 is 5.20. The van der Waals surface area contributed by atoms with Gasteiger partial charge in [-0.15, -0.1) is 11.3 Å². The van der Waals surface area contributed by atoms with E-state index >= 15 is 0 Å². The molecule has 5 nitrogen and oxygen atoms in total. The molecule has 1 aliphatic heterocycles. The lowest BCUT2D eigenvalue weighted by Gasteiger charge is -2.19. The van der Waals surface area contributed by atoms with Gasteiger partial charge in [0, 0.05) is 25.1 Å². The van der Waals surface area contributed by atoms with Crippen molar-refractivity contribution in [2.45, 2.75) is 26.3 Å². The first-order chi connectivity index (χ1) is 15.5. The smallest absolute Gasteiger partial charge is 0.240 e. The fourth-order valence-electron chi connectivity index (χ4n) is 3.94. The van der Waals surface area contributed by atoms with Crippen molar-refractivity contribution in [2.24, 2.45) is 5.10 Å². The summed E-state index contributed by atoms with van der Waals surface area (Å²) < 4.78 is 2.93. The number of thiophene rings is 1. The van der Waals surface area contributed by atoms with Gasteiger partial charge in [-0.3, -0.25) is 4.79 Å². The van der Waals surface area contributed by atoms with Gasteiger partial charge < -0.3 is 0 Å². The molecule has 0 saturated carbocycles. The molecule has 2 aromatic carbocycles. The highest BCUT2D eigenvalue weighted by atomic mass is 79.9. The van der Waals surface area contributed by atoms with Gasteiger partial charge in [-0.25, -0.2) is 9.69 Å². The molecule has 0 fully saturated rings. The first kappa shape index (κ1) is 20.8. The van der Waals surface area contributed by atoms with Crippen LogP contribution in [0.3, 0.4) is 0 Å². The van der Waals surface area contributed by atoms with Crippen molar-refractivity contribution < 1.29 is 4.79 Å². The van der Waals surface area contributed by atoms with E-state index in [0.717, 1.165) is 36.9 Å². The second kappa shape index (κ2) is 8.48. The molecular formula is C25H21BrN4OS. The summed E-state index contributed by atoms with van der Waals surface area (Å²) in [4.78, 5) is 13.6. The van der Waals surface area contributed by atoms with Crippen LogP contribution < -0.4 is 0 Å². The minimum atomic E-state index is -0.211. The number of halogens is 1. The average Bonchev–Trinajstić information content (AvgIpc) is 3.52. The maximum Gasteiger partial charge on any atom is 0.240 e. The number of rotatable bonds is 4. The zero-order valence-corrected chi connectivity index (χ0v) is 20.1. The van der Waals surface area contributed by atoms with Crippen molar-refractivity contribution in [3.8, 4) is 16.3 Å². The molecule has 5 rings (SSSR count). The Morgan fingerprint density at radius 3 is 2.47 bits per heavy atom. The minimum absolute atomic E-state index is 0.0807. The second-order valence-electron chi connectivity index (χ2n) is 7.81. The normalized spacial score (nSPS) is 15.8. The summed E-state index contributed by atoms with van der Waals surface area (Å²) in [6, 6.07) is 22.2. The van der Waals surface area contributed by atoms with Crippen LogP contribution in [0.2, 0.25) is 0 Å². The third kappa shape index (κ3) is 3.94. The average molecular weight is 505 g/mol. The number of benzene rings is 2. The molecule has 4 aromatic rings. The van der Waals surface area contributed by atoms with Gasteiger partial charge >= 0.3 is 0 Å². The molecular weight excluding hydrogens is 484 g/mol. The van der Waals surface area contributed by atoms with Crippen LogP contribution >= 0.6 is 27.3 Å². The molecule has 1 aliphatic rings. The van der Waals surface area contributed by atoms with E-state index in [2.05, 4.69) is 53.2 Å². The fourth-order valence-corrected chi connectivity index (χ4v) is 5.33. The van der Waals surface area contributed by atoms with Gasteiger partial charge in [0.05, 0.1) is 26.1 Å². The number of amides is 1. The number of carbonyl (C=O) groups is 1. The predicted molar refractivity (Wildman–Crippen MR) is 132 cm³/mol. The highest BCUT2D eigenvalue weighted by molar-refractivity contribution is 9.11. The molecule has 0 N–H and O–H groups in total. The maximum absolute atomic E-state index is 12.6. The largest absolute Gasteiger partial charge is 0.273 e. The lowest BCUT2D eigenvalue weighted by molar-refractivity contribution is -0.130. The predicted octanol–water partition coefficient (Wildman–Crippen LogP) is 6.37. The molecule has 0 aliphatic carbocycles. The summed E-state index contributed by atoms with van der Waals surface area (Å²) in [6.45, 7) is 3.63. The molecule has 0 radical (unpaired) electrons. The summed E-state index contributed by atoms with van der Waals surface area (Å²) in [5.41, 5.74) is 5.99. The van der Waals surface area contributed by atoms with E-state index in [1.54, 1.807) is 23.3 Å². The van der Waals surface area contributed by atoms with Crippen molar-refractivity contribution in [3.05, 3.63) is 93.4 Å². The highest BCUT2D eigenvalue weighted by Gasteiger charge is 2.35. The molecule has 32 heavy (non-hydrogen) atoms. The van der Waals surface area contributed by atoms with Crippen LogP contribution in [0.25, 0.3) is 16.3 Å². The molecule has 7 heteroatoms. The Kier molecular flexibility index (Phi) is 5.53. The monoisotopic (exact) mass is 504 g/mol. The lowest BCUT2D eigenvalue weighted by Crippen LogP contribution is -2.24. The Morgan fingerprint density at radius 1 is 1.06 bits per heavy atom. The van der Waals surface area contributed by atoms with Crippen molar-refractivity contribution in [1.82, 2.24) is 14.8 Å². The van der Waals surface area contributed by atoms with Gasteiger partial charge in [0.2, 0.25) is 5.91 Å². The van der Waals surface area contributed by atoms with E-state index in [1.807, 2.05) is 47.3 Å². The summed E-state index contributed by atoms with van der Waals surface area (Å²) in [6.07, 6.45) is 2.68. The van der Waals surface area contributed by atoms with Gasteiger partial charge in [0.1, 0.15) is 5.69 Å². The molecule has 160 valence electrons. The zero-order chi connectivity index (χ0) is 22.2. The quantitative estimate of drug-likeness (QED) is 0.324. The fraction of sp³-hybridized carbons (Fsp3) is 0.160. The molecule has 1 amide bonds. The second-order valence-corrected chi connectivity index (χ2v) is 10.3. The van der Waals surface area contributed by atoms with Crippen LogP contribution in [0.1, 0.15) is 36.1 Å². The first-order valence-electron chi connectivity index (χ1n) is 10.3. The van der Waals surface area contributed by atoms with Crippen molar-refractivity contribution in [3.63, 3.8) is 0 Å². The van der Waals surface area contributed by atoms with Crippen LogP contribution in [-0.2, 0) is 4.79 Å². The van der Waals surface area contributed by atoms with Crippen molar-refractivity contribution >= 4 is 38.9 Å². The van der Waals surface area contributed by atoms with Gasteiger partial charge in [0.15, 0.2) is 0 Å². The SMILES string of the molecule is CC(=O)N1N=C(c2ccc(C)cc2)CC1c1cn(-c2ccccc2)nc1-c1ccc(Br)s1. The number of para-hydroxylation sites is 1. The van der Waals surface area contributed by atoms with E-state index in [9.17, 15) is 4.79 Å². The Hall–Kier alpha value is -3.03. The molecule has 3 heterocycles. The highest BCUT2D eigenvalue weighted by Crippen LogP contribution is 2.40. The summed E-state index contributed by atoms with van der Waals surface area (Å²) in [5.74, 6) is -0.0807. The van der Waals surface area contributed by atoms with Gasteiger partial charge in [-0.05, 0) is 52.7 Å².